The summed E-state index contributed by atoms with van der Waals surface area (Å²) in [4.78, 5) is 0. The third kappa shape index (κ3) is 10.1. The van der Waals surface area contributed by atoms with Crippen LogP contribution < -0.4 is 9.47 Å². The molecular weight excluding hydrogens is 633 g/mol. The smallest absolute Gasteiger partial charge is 0.432 e. The molecule has 0 heterocycles. The van der Waals surface area contributed by atoms with E-state index in [1.165, 1.54) is 77.0 Å². The van der Waals surface area contributed by atoms with Gasteiger partial charge < -0.3 is 9.47 Å². The van der Waals surface area contributed by atoms with Gasteiger partial charge in [-0.2, -0.15) is 8.78 Å². The van der Waals surface area contributed by atoms with Crippen molar-refractivity contribution >= 4 is 0 Å². The number of unbranched alkanes of at least 4 members (excludes halogenated alkanes) is 4. The molecule has 0 N–H and O–H groups in total. The van der Waals surface area contributed by atoms with Gasteiger partial charge in [-0.15, -0.1) is 13.2 Å². The zero-order valence-corrected chi connectivity index (χ0v) is 28.1. The summed E-state index contributed by atoms with van der Waals surface area (Å²) in [6, 6.07) is 7.40. The van der Waals surface area contributed by atoms with Crippen LogP contribution in [0.25, 0.3) is 0 Å². The van der Waals surface area contributed by atoms with E-state index in [0.717, 1.165) is 42.2 Å². The van der Waals surface area contributed by atoms with Crippen LogP contribution in [0.4, 0.5) is 30.7 Å². The summed E-state index contributed by atoms with van der Waals surface area (Å²) in [6.45, 7) is 2.26. The molecule has 0 unspecified atom stereocenters. The average molecular weight is 685 g/mol. The lowest BCUT2D eigenvalue weighted by Gasteiger charge is -2.38. The molecule has 0 spiro atoms. The van der Waals surface area contributed by atoms with Crippen molar-refractivity contribution < 1.29 is 40.2 Å². The van der Waals surface area contributed by atoms with Crippen LogP contribution in [0.2, 0.25) is 0 Å². The van der Waals surface area contributed by atoms with Gasteiger partial charge in [0.1, 0.15) is 11.6 Å². The summed E-state index contributed by atoms with van der Waals surface area (Å²) < 4.78 is 105. The van der Waals surface area contributed by atoms with Crippen LogP contribution in [0, 0.1) is 35.3 Å². The van der Waals surface area contributed by atoms with Crippen molar-refractivity contribution in [1.82, 2.24) is 0 Å². The second-order valence-electron chi connectivity index (χ2n) is 14.7. The van der Waals surface area contributed by atoms with Crippen molar-refractivity contribution in [2.75, 3.05) is 0 Å². The molecular formula is C39H51F7O2. The van der Waals surface area contributed by atoms with Gasteiger partial charge in [-0.1, -0.05) is 70.4 Å². The van der Waals surface area contributed by atoms with Crippen molar-refractivity contribution in [3.05, 3.63) is 59.2 Å². The monoisotopic (exact) mass is 684 g/mol. The average Bonchev–Trinajstić information content (AvgIpc) is 3.06. The van der Waals surface area contributed by atoms with E-state index < -0.39 is 35.7 Å². The molecule has 3 aliphatic carbocycles. The molecule has 3 fully saturated rings. The number of ether oxygens (including phenoxy) is 2. The highest BCUT2D eigenvalue weighted by atomic mass is 19.4. The summed E-state index contributed by atoms with van der Waals surface area (Å²) in [5.74, 6) is -1.93. The highest BCUT2D eigenvalue weighted by molar-refractivity contribution is 5.34. The second-order valence-corrected chi connectivity index (χ2v) is 14.7. The van der Waals surface area contributed by atoms with Crippen molar-refractivity contribution in [2.24, 2.45) is 23.7 Å². The maximum atomic E-state index is 15.4. The normalized spacial score (nSPS) is 27.1. The number of halogens is 7. The standard InChI is InChI=1S/C39H51F7O2/c1-2-3-4-5-6-7-26-8-10-27(11-9-26)28-12-14-29(15-13-28)31-18-22-34(35(40)24-31)30-16-19-32(20-17-30)38(42,43)47-33-21-23-37(36(41)25-33)48-39(44,45)46/h18,21-30,32H,2-17,19-20H2,1H3. The van der Waals surface area contributed by atoms with Crippen LogP contribution in [-0.4, -0.2) is 12.5 Å². The third-order valence-electron chi connectivity index (χ3n) is 11.6. The Hall–Kier alpha value is -2.45. The number of benzene rings is 2. The number of rotatable bonds is 13. The van der Waals surface area contributed by atoms with Gasteiger partial charge in [-0.3, -0.25) is 0 Å². The van der Waals surface area contributed by atoms with Gasteiger partial charge in [0.2, 0.25) is 0 Å². The Bertz CT molecular complexity index is 1290. The molecule has 0 amide bonds. The molecule has 3 saturated carbocycles. The van der Waals surface area contributed by atoms with Crippen LogP contribution in [0.1, 0.15) is 145 Å². The molecule has 0 aromatic heterocycles. The first kappa shape index (κ1) is 36.8. The first-order chi connectivity index (χ1) is 22.9. The third-order valence-corrected chi connectivity index (χ3v) is 11.6. The molecule has 9 heteroatoms. The predicted octanol–water partition coefficient (Wildman–Crippen LogP) is 13.2. The minimum atomic E-state index is -5.11. The van der Waals surface area contributed by atoms with E-state index in [4.69, 9.17) is 4.74 Å². The molecule has 5 rings (SSSR count). The lowest BCUT2D eigenvalue weighted by atomic mass is 9.68. The number of hydrogen-bond donors (Lipinski definition) is 0. The van der Waals surface area contributed by atoms with Gasteiger partial charge in [-0.05, 0) is 123 Å². The van der Waals surface area contributed by atoms with E-state index in [-0.39, 0.29) is 24.6 Å². The molecule has 48 heavy (non-hydrogen) atoms. The minimum Gasteiger partial charge on any atom is -0.432 e. The zero-order valence-electron chi connectivity index (χ0n) is 28.1. The van der Waals surface area contributed by atoms with E-state index in [2.05, 4.69) is 11.7 Å². The summed E-state index contributed by atoms with van der Waals surface area (Å²) in [7, 11) is 0. The molecule has 3 aliphatic rings. The Morgan fingerprint density at radius 3 is 1.85 bits per heavy atom. The largest absolute Gasteiger partial charge is 0.573 e. The zero-order chi connectivity index (χ0) is 34.3. The van der Waals surface area contributed by atoms with E-state index >= 15 is 4.39 Å². The fraction of sp³-hybridized carbons (Fsp3) is 0.692. The van der Waals surface area contributed by atoms with E-state index in [9.17, 15) is 26.3 Å². The molecule has 2 aromatic rings. The Morgan fingerprint density at radius 1 is 0.625 bits per heavy atom. The Balaban J connectivity index is 1.06. The highest BCUT2D eigenvalue weighted by Crippen LogP contribution is 2.47. The fourth-order valence-electron chi connectivity index (χ4n) is 8.77. The summed E-state index contributed by atoms with van der Waals surface area (Å²) >= 11 is 0. The highest BCUT2D eigenvalue weighted by Gasteiger charge is 2.45. The summed E-state index contributed by atoms with van der Waals surface area (Å²) in [5, 5.41) is 0. The number of alkyl halides is 5. The number of hydrogen-bond acceptors (Lipinski definition) is 2. The minimum absolute atomic E-state index is 0.0709. The molecule has 0 atom stereocenters. The van der Waals surface area contributed by atoms with Gasteiger partial charge >= 0.3 is 12.5 Å². The van der Waals surface area contributed by atoms with Crippen molar-refractivity contribution in [3.8, 4) is 11.5 Å². The first-order valence-corrected chi connectivity index (χ1v) is 18.3. The van der Waals surface area contributed by atoms with Gasteiger partial charge in [0.25, 0.3) is 0 Å². The molecule has 0 radical (unpaired) electrons. The van der Waals surface area contributed by atoms with Crippen LogP contribution in [0.3, 0.4) is 0 Å². The molecule has 268 valence electrons. The molecule has 0 saturated heterocycles. The van der Waals surface area contributed by atoms with Crippen LogP contribution in [0.15, 0.2) is 36.4 Å². The van der Waals surface area contributed by atoms with Crippen molar-refractivity contribution in [2.45, 2.75) is 147 Å². The van der Waals surface area contributed by atoms with E-state index in [0.29, 0.717) is 36.5 Å². The van der Waals surface area contributed by atoms with Crippen LogP contribution >= 0.6 is 0 Å². The predicted molar refractivity (Wildman–Crippen MR) is 173 cm³/mol. The van der Waals surface area contributed by atoms with Gasteiger partial charge in [-0.25, -0.2) is 8.78 Å². The van der Waals surface area contributed by atoms with Gasteiger partial charge in [0.05, 0.1) is 5.92 Å². The SMILES string of the molecule is CCCCCCCC1CCC(C2CCC(c3ccc(C4CCC(C(F)(F)Oc5ccc(OC(F)(F)F)c(F)c5)CC4)c(F)c3)CC2)CC1. The Kier molecular flexibility index (Phi) is 12.7. The van der Waals surface area contributed by atoms with E-state index in [1.54, 1.807) is 6.07 Å². The quantitative estimate of drug-likeness (QED) is 0.154. The van der Waals surface area contributed by atoms with Crippen LogP contribution in [-0.2, 0) is 0 Å². The van der Waals surface area contributed by atoms with Gasteiger partial charge in [0.15, 0.2) is 11.6 Å². The first-order valence-electron chi connectivity index (χ1n) is 18.3. The summed E-state index contributed by atoms with van der Waals surface area (Å²) in [5.41, 5.74) is 1.59. The molecule has 2 nitrogen and oxygen atoms in total. The Labute approximate surface area is 281 Å². The lowest BCUT2D eigenvalue weighted by Crippen LogP contribution is -2.37. The van der Waals surface area contributed by atoms with E-state index in [1.807, 2.05) is 12.1 Å². The van der Waals surface area contributed by atoms with Crippen LogP contribution in [0.5, 0.6) is 11.5 Å². The fourth-order valence-corrected chi connectivity index (χ4v) is 8.77. The van der Waals surface area contributed by atoms with Gasteiger partial charge in [0, 0.05) is 6.07 Å². The lowest BCUT2D eigenvalue weighted by molar-refractivity contribution is -0.275. The van der Waals surface area contributed by atoms with Crippen molar-refractivity contribution in [3.63, 3.8) is 0 Å². The van der Waals surface area contributed by atoms with Crippen molar-refractivity contribution in [1.29, 1.82) is 0 Å². The Morgan fingerprint density at radius 2 is 1.25 bits per heavy atom. The molecule has 0 aliphatic heterocycles. The maximum absolute atomic E-state index is 15.4. The summed E-state index contributed by atoms with van der Waals surface area (Å²) in [6.07, 6.45) is 10.3. The second kappa shape index (κ2) is 16.5. The topological polar surface area (TPSA) is 18.5 Å². The molecule has 0 bridgehead atoms. The maximum Gasteiger partial charge on any atom is 0.573 e. The molecule has 2 aromatic carbocycles.